The fourth-order valence-corrected chi connectivity index (χ4v) is 4.44. The van der Waals surface area contributed by atoms with Crippen molar-refractivity contribution in [1.29, 1.82) is 0 Å². The minimum Gasteiger partial charge on any atom is -0.480 e. The van der Waals surface area contributed by atoms with Gasteiger partial charge in [0.05, 0.1) is 12.0 Å². The van der Waals surface area contributed by atoms with Gasteiger partial charge >= 0.3 is 12.0 Å². The highest BCUT2D eigenvalue weighted by molar-refractivity contribution is 8.00. The van der Waals surface area contributed by atoms with Crippen molar-refractivity contribution in [3.63, 3.8) is 0 Å². The number of thioether (sulfide) groups is 1. The van der Waals surface area contributed by atoms with E-state index in [0.717, 1.165) is 19.3 Å². The Morgan fingerprint density at radius 2 is 2.19 bits per heavy atom. The highest BCUT2D eigenvalue weighted by Gasteiger charge is 2.43. The van der Waals surface area contributed by atoms with Crippen LogP contribution in [-0.4, -0.2) is 70.9 Å². The topological polar surface area (TPSA) is 70.1 Å². The van der Waals surface area contributed by atoms with Crippen molar-refractivity contribution in [2.45, 2.75) is 37.6 Å². The molecule has 0 bridgehead atoms. The molecule has 3 unspecified atom stereocenters. The summed E-state index contributed by atoms with van der Waals surface area (Å²) >= 11 is 1.56. The van der Waals surface area contributed by atoms with Gasteiger partial charge < -0.3 is 14.7 Å². The number of aliphatic carboxylic acids is 1. The van der Waals surface area contributed by atoms with Gasteiger partial charge in [0, 0.05) is 31.9 Å². The van der Waals surface area contributed by atoms with Gasteiger partial charge in [-0.1, -0.05) is 6.92 Å². The van der Waals surface area contributed by atoms with Crippen LogP contribution in [0.25, 0.3) is 0 Å². The van der Waals surface area contributed by atoms with Gasteiger partial charge in [-0.3, -0.25) is 4.90 Å². The van der Waals surface area contributed by atoms with Gasteiger partial charge in [-0.25, -0.2) is 9.59 Å². The summed E-state index contributed by atoms with van der Waals surface area (Å²) in [4.78, 5) is 27.5. The van der Waals surface area contributed by atoms with E-state index in [1.165, 1.54) is 0 Å². The van der Waals surface area contributed by atoms with E-state index in [-0.39, 0.29) is 11.4 Å². The summed E-state index contributed by atoms with van der Waals surface area (Å²) in [5, 5.41) is 9.31. The van der Waals surface area contributed by atoms with Crippen LogP contribution in [0, 0.1) is 5.92 Å². The number of carboxylic acids is 1. The van der Waals surface area contributed by atoms with E-state index in [2.05, 4.69) is 0 Å². The molecule has 7 heteroatoms. The first-order valence-electron chi connectivity index (χ1n) is 7.49. The monoisotopic (exact) mass is 316 g/mol. The standard InChI is InChI=1S/C14H24N2O4S/c1-3-12-16(11(9-21-12)13(17)18)14(19)15-6-4-5-10(7-15)8-20-2/h10-12H,3-9H2,1-2H3,(H,17,18). The second kappa shape index (κ2) is 7.35. The largest absolute Gasteiger partial charge is 0.480 e. The maximum atomic E-state index is 12.8. The van der Waals surface area contributed by atoms with Crippen LogP contribution < -0.4 is 0 Å². The first-order chi connectivity index (χ1) is 10.1. The highest BCUT2D eigenvalue weighted by Crippen LogP contribution is 2.33. The number of piperidine rings is 1. The molecule has 3 atom stereocenters. The third kappa shape index (κ3) is 3.63. The lowest BCUT2D eigenvalue weighted by atomic mass is 9.99. The SMILES string of the molecule is CCC1SCC(C(=O)O)N1C(=O)N1CCCC(COC)C1. The van der Waals surface area contributed by atoms with Crippen LogP contribution >= 0.6 is 11.8 Å². The Hall–Kier alpha value is -0.950. The summed E-state index contributed by atoms with van der Waals surface area (Å²) in [6.45, 7) is 4.02. The van der Waals surface area contributed by atoms with Crippen molar-refractivity contribution in [3.05, 3.63) is 0 Å². The van der Waals surface area contributed by atoms with Gasteiger partial charge in [0.1, 0.15) is 6.04 Å². The van der Waals surface area contributed by atoms with Crippen molar-refractivity contribution >= 4 is 23.8 Å². The second-order valence-electron chi connectivity index (χ2n) is 5.65. The van der Waals surface area contributed by atoms with E-state index >= 15 is 0 Å². The Labute approximate surface area is 129 Å². The molecule has 2 saturated heterocycles. The Morgan fingerprint density at radius 1 is 1.43 bits per heavy atom. The zero-order valence-electron chi connectivity index (χ0n) is 12.7. The van der Waals surface area contributed by atoms with Gasteiger partial charge in [0.2, 0.25) is 0 Å². The molecule has 1 N–H and O–H groups in total. The van der Waals surface area contributed by atoms with Crippen LogP contribution in [0.4, 0.5) is 4.79 Å². The van der Waals surface area contributed by atoms with Crippen LogP contribution in [0.15, 0.2) is 0 Å². The van der Waals surface area contributed by atoms with Gasteiger partial charge in [-0.15, -0.1) is 11.8 Å². The molecule has 0 saturated carbocycles. The lowest BCUT2D eigenvalue weighted by molar-refractivity contribution is -0.141. The number of hydrogen-bond donors (Lipinski definition) is 1. The summed E-state index contributed by atoms with van der Waals surface area (Å²) in [6.07, 6.45) is 2.79. The molecule has 2 rings (SSSR count). The van der Waals surface area contributed by atoms with Crippen LogP contribution in [0.1, 0.15) is 26.2 Å². The second-order valence-corrected chi connectivity index (χ2v) is 6.86. The van der Waals surface area contributed by atoms with Gasteiger partial charge in [0.15, 0.2) is 0 Å². The third-order valence-electron chi connectivity index (χ3n) is 4.14. The first kappa shape index (κ1) is 16.4. The van der Waals surface area contributed by atoms with Gasteiger partial charge in [0.25, 0.3) is 0 Å². The lowest BCUT2D eigenvalue weighted by Gasteiger charge is -2.37. The molecule has 2 heterocycles. The number of amides is 2. The summed E-state index contributed by atoms with van der Waals surface area (Å²) in [6, 6.07) is -0.824. The summed E-state index contributed by atoms with van der Waals surface area (Å²) in [5.41, 5.74) is 0. The van der Waals surface area contributed by atoms with Crippen LogP contribution in [-0.2, 0) is 9.53 Å². The van der Waals surface area contributed by atoms with E-state index in [0.29, 0.717) is 31.4 Å². The van der Waals surface area contributed by atoms with E-state index in [1.54, 1.807) is 28.7 Å². The number of rotatable bonds is 4. The Kier molecular flexibility index (Phi) is 5.75. The van der Waals surface area contributed by atoms with E-state index < -0.39 is 12.0 Å². The number of likely N-dealkylation sites (tertiary alicyclic amines) is 1. The van der Waals surface area contributed by atoms with Crippen molar-refractivity contribution in [1.82, 2.24) is 9.80 Å². The highest BCUT2D eigenvalue weighted by atomic mass is 32.2. The molecular weight excluding hydrogens is 292 g/mol. The summed E-state index contributed by atoms with van der Waals surface area (Å²) < 4.78 is 5.19. The van der Waals surface area contributed by atoms with Crippen molar-refractivity contribution in [3.8, 4) is 0 Å². The fourth-order valence-electron chi connectivity index (χ4n) is 3.10. The predicted molar refractivity (Wildman–Crippen MR) is 81.4 cm³/mol. The third-order valence-corrected chi connectivity index (χ3v) is 5.59. The maximum Gasteiger partial charge on any atom is 0.327 e. The van der Waals surface area contributed by atoms with Crippen molar-refractivity contribution < 1.29 is 19.4 Å². The van der Waals surface area contributed by atoms with Crippen LogP contribution in [0.3, 0.4) is 0 Å². The van der Waals surface area contributed by atoms with Gasteiger partial charge in [-0.05, 0) is 19.3 Å². The number of hydrogen-bond acceptors (Lipinski definition) is 4. The Morgan fingerprint density at radius 3 is 2.81 bits per heavy atom. The molecule has 0 aliphatic carbocycles. The molecule has 6 nitrogen and oxygen atoms in total. The molecule has 0 aromatic rings. The van der Waals surface area contributed by atoms with Crippen LogP contribution in [0.5, 0.6) is 0 Å². The molecule has 2 aliphatic heterocycles. The molecule has 0 spiro atoms. The normalized spacial score (nSPS) is 29.7. The maximum absolute atomic E-state index is 12.8. The molecule has 120 valence electrons. The average Bonchev–Trinajstić information content (AvgIpc) is 2.91. The smallest absolute Gasteiger partial charge is 0.327 e. The predicted octanol–water partition coefficient (Wildman–Crippen LogP) is 1.70. The molecule has 2 fully saturated rings. The zero-order valence-corrected chi connectivity index (χ0v) is 13.5. The molecule has 0 radical (unpaired) electrons. The van der Waals surface area contributed by atoms with Gasteiger partial charge in [-0.2, -0.15) is 0 Å². The quantitative estimate of drug-likeness (QED) is 0.855. The summed E-state index contributed by atoms with van der Waals surface area (Å²) in [7, 11) is 1.67. The van der Waals surface area contributed by atoms with E-state index in [9.17, 15) is 14.7 Å². The molecule has 2 aliphatic rings. The zero-order chi connectivity index (χ0) is 15.4. The molecule has 0 aromatic carbocycles. The summed E-state index contributed by atoms with van der Waals surface area (Å²) in [5.74, 6) is -0.0712. The number of carboxylic acid groups (broad SMARTS) is 1. The molecule has 0 aromatic heterocycles. The van der Waals surface area contributed by atoms with E-state index in [1.807, 2.05) is 6.92 Å². The van der Waals surface area contributed by atoms with Crippen molar-refractivity contribution in [2.24, 2.45) is 5.92 Å². The molecule has 2 amide bonds. The average molecular weight is 316 g/mol. The molecule has 21 heavy (non-hydrogen) atoms. The number of methoxy groups -OCH3 is 1. The number of nitrogens with zero attached hydrogens (tertiary/aromatic N) is 2. The number of ether oxygens (including phenoxy) is 1. The lowest BCUT2D eigenvalue weighted by Crippen LogP contribution is -2.54. The fraction of sp³-hybridized carbons (Fsp3) is 0.857. The minimum absolute atomic E-state index is 0.0265. The van der Waals surface area contributed by atoms with Crippen LogP contribution in [0.2, 0.25) is 0 Å². The number of urea groups is 1. The number of carbonyl (C=O) groups is 2. The number of carbonyl (C=O) groups excluding carboxylic acids is 1. The minimum atomic E-state index is -0.905. The van der Waals surface area contributed by atoms with E-state index in [4.69, 9.17) is 4.74 Å². The Balaban J connectivity index is 2.07. The van der Waals surface area contributed by atoms with Crippen molar-refractivity contribution in [2.75, 3.05) is 32.6 Å². The molecular formula is C14H24N2O4S. The Bertz CT molecular complexity index is 391. The first-order valence-corrected chi connectivity index (χ1v) is 8.54.